The number of nitrogens with zero attached hydrogens (tertiary/aromatic N) is 2. The molecule has 0 radical (unpaired) electrons. The molecule has 4 nitrogen and oxygen atoms in total. The summed E-state index contributed by atoms with van der Waals surface area (Å²) >= 11 is 5.77. The molecule has 1 rings (SSSR count). The van der Waals surface area contributed by atoms with Gasteiger partial charge >= 0.3 is 0 Å². The standard InChI is InChI=1S/C12H17ClN2O2/c1-9(2)15(7-8-17-3)12(16)10-5-4-6-11(13)14-10/h4-6,9H,7-8H2,1-3H3. The number of methoxy groups -OCH3 is 1. The van der Waals surface area contributed by atoms with Gasteiger partial charge in [-0.2, -0.15) is 0 Å². The summed E-state index contributed by atoms with van der Waals surface area (Å²) in [5, 5.41) is 0.325. The number of aromatic nitrogens is 1. The molecule has 0 saturated heterocycles. The first-order chi connectivity index (χ1) is 8.06. The Kier molecular flexibility index (Phi) is 5.38. The fourth-order valence-electron chi connectivity index (χ4n) is 1.46. The molecular weight excluding hydrogens is 240 g/mol. The second-order valence-electron chi connectivity index (χ2n) is 3.93. The average molecular weight is 257 g/mol. The number of pyridine rings is 1. The molecule has 0 saturated carbocycles. The summed E-state index contributed by atoms with van der Waals surface area (Å²) < 4.78 is 4.99. The van der Waals surface area contributed by atoms with Crippen molar-refractivity contribution in [3.8, 4) is 0 Å². The van der Waals surface area contributed by atoms with Crippen LogP contribution >= 0.6 is 11.6 Å². The number of hydrogen-bond donors (Lipinski definition) is 0. The highest BCUT2D eigenvalue weighted by molar-refractivity contribution is 6.29. The third-order valence-corrected chi connectivity index (χ3v) is 2.57. The smallest absolute Gasteiger partial charge is 0.272 e. The van der Waals surface area contributed by atoms with Gasteiger partial charge in [-0.15, -0.1) is 0 Å². The second-order valence-corrected chi connectivity index (χ2v) is 4.32. The minimum atomic E-state index is -0.125. The zero-order valence-corrected chi connectivity index (χ0v) is 11.1. The van der Waals surface area contributed by atoms with E-state index in [1.54, 1.807) is 30.2 Å². The van der Waals surface area contributed by atoms with Gasteiger partial charge in [-0.1, -0.05) is 17.7 Å². The molecule has 94 valence electrons. The van der Waals surface area contributed by atoms with Gasteiger partial charge in [-0.05, 0) is 26.0 Å². The van der Waals surface area contributed by atoms with Crippen LogP contribution in [0, 0.1) is 0 Å². The number of hydrogen-bond acceptors (Lipinski definition) is 3. The first-order valence-corrected chi connectivity index (χ1v) is 5.86. The number of halogens is 1. The van der Waals surface area contributed by atoms with Crippen molar-refractivity contribution in [2.45, 2.75) is 19.9 Å². The predicted octanol–water partition coefficient (Wildman–Crippen LogP) is 2.23. The lowest BCUT2D eigenvalue weighted by Gasteiger charge is -2.26. The van der Waals surface area contributed by atoms with E-state index in [1.165, 1.54) is 0 Å². The summed E-state index contributed by atoms with van der Waals surface area (Å²) in [5.41, 5.74) is 0.363. The molecule has 0 aliphatic heterocycles. The highest BCUT2D eigenvalue weighted by atomic mass is 35.5. The maximum absolute atomic E-state index is 12.2. The number of carbonyl (C=O) groups excluding carboxylic acids is 1. The molecule has 5 heteroatoms. The maximum atomic E-state index is 12.2. The monoisotopic (exact) mass is 256 g/mol. The van der Waals surface area contributed by atoms with E-state index in [0.29, 0.717) is 24.0 Å². The lowest BCUT2D eigenvalue weighted by molar-refractivity contribution is 0.0629. The van der Waals surface area contributed by atoms with Gasteiger partial charge < -0.3 is 9.64 Å². The molecule has 0 atom stereocenters. The summed E-state index contributed by atoms with van der Waals surface area (Å²) in [6.45, 7) is 4.96. The molecular formula is C12H17ClN2O2. The van der Waals surface area contributed by atoms with Crippen LogP contribution in [0.5, 0.6) is 0 Å². The molecule has 0 spiro atoms. The van der Waals surface area contributed by atoms with Crippen LogP contribution in [0.2, 0.25) is 5.15 Å². The maximum Gasteiger partial charge on any atom is 0.272 e. The normalized spacial score (nSPS) is 10.6. The lowest BCUT2D eigenvalue weighted by atomic mass is 10.2. The number of ether oxygens (including phenoxy) is 1. The molecule has 1 aromatic heterocycles. The zero-order chi connectivity index (χ0) is 12.8. The van der Waals surface area contributed by atoms with Crippen LogP contribution in [0.15, 0.2) is 18.2 Å². The topological polar surface area (TPSA) is 42.4 Å². The molecule has 1 heterocycles. The van der Waals surface area contributed by atoms with Crippen LogP contribution in [-0.2, 0) is 4.74 Å². The van der Waals surface area contributed by atoms with E-state index in [0.717, 1.165) is 0 Å². The highest BCUT2D eigenvalue weighted by Gasteiger charge is 2.19. The van der Waals surface area contributed by atoms with Crippen molar-refractivity contribution in [3.63, 3.8) is 0 Å². The Morgan fingerprint density at radius 1 is 1.53 bits per heavy atom. The fourth-order valence-corrected chi connectivity index (χ4v) is 1.62. The van der Waals surface area contributed by atoms with Crippen LogP contribution in [-0.4, -0.2) is 42.1 Å². The summed E-state index contributed by atoms with van der Waals surface area (Å²) in [5.74, 6) is -0.125. The molecule has 17 heavy (non-hydrogen) atoms. The molecule has 0 aliphatic rings. The molecule has 1 amide bonds. The number of rotatable bonds is 5. The summed E-state index contributed by atoms with van der Waals surface area (Å²) in [6, 6.07) is 5.12. The lowest BCUT2D eigenvalue weighted by Crippen LogP contribution is -2.39. The predicted molar refractivity (Wildman–Crippen MR) is 67.3 cm³/mol. The van der Waals surface area contributed by atoms with Crippen molar-refractivity contribution in [1.82, 2.24) is 9.88 Å². The number of carbonyl (C=O) groups is 1. The van der Waals surface area contributed by atoms with Crippen molar-refractivity contribution in [3.05, 3.63) is 29.0 Å². The molecule has 0 aromatic carbocycles. The molecule has 0 unspecified atom stereocenters. The van der Waals surface area contributed by atoms with Crippen LogP contribution < -0.4 is 0 Å². The van der Waals surface area contributed by atoms with E-state index < -0.39 is 0 Å². The van der Waals surface area contributed by atoms with Crippen molar-refractivity contribution in [2.75, 3.05) is 20.3 Å². The average Bonchev–Trinajstić information content (AvgIpc) is 2.29. The van der Waals surface area contributed by atoms with E-state index in [2.05, 4.69) is 4.98 Å². The Morgan fingerprint density at radius 2 is 2.24 bits per heavy atom. The van der Waals surface area contributed by atoms with Gasteiger partial charge in [0.05, 0.1) is 6.61 Å². The molecule has 0 bridgehead atoms. The Morgan fingerprint density at radius 3 is 2.76 bits per heavy atom. The Balaban J connectivity index is 2.84. The van der Waals surface area contributed by atoms with E-state index in [9.17, 15) is 4.79 Å². The third kappa shape index (κ3) is 3.98. The Bertz CT molecular complexity index is 383. The second kappa shape index (κ2) is 6.57. The van der Waals surface area contributed by atoms with Crippen molar-refractivity contribution in [2.24, 2.45) is 0 Å². The van der Waals surface area contributed by atoms with E-state index in [-0.39, 0.29) is 11.9 Å². The van der Waals surface area contributed by atoms with Crippen LogP contribution in [0.4, 0.5) is 0 Å². The number of amides is 1. The van der Waals surface area contributed by atoms with Gasteiger partial charge in [-0.25, -0.2) is 4.98 Å². The molecule has 0 N–H and O–H groups in total. The fraction of sp³-hybridized carbons (Fsp3) is 0.500. The third-order valence-electron chi connectivity index (χ3n) is 2.35. The minimum absolute atomic E-state index is 0.0958. The van der Waals surface area contributed by atoms with E-state index >= 15 is 0 Å². The van der Waals surface area contributed by atoms with Gasteiger partial charge in [0.25, 0.3) is 5.91 Å². The zero-order valence-electron chi connectivity index (χ0n) is 10.3. The molecule has 1 aromatic rings. The van der Waals surface area contributed by atoms with Gasteiger partial charge in [0, 0.05) is 19.7 Å². The largest absolute Gasteiger partial charge is 0.383 e. The van der Waals surface area contributed by atoms with Crippen LogP contribution in [0.1, 0.15) is 24.3 Å². The van der Waals surface area contributed by atoms with Crippen LogP contribution in [0.25, 0.3) is 0 Å². The van der Waals surface area contributed by atoms with Gasteiger partial charge in [-0.3, -0.25) is 4.79 Å². The van der Waals surface area contributed by atoms with E-state index in [1.807, 2.05) is 13.8 Å². The quantitative estimate of drug-likeness (QED) is 0.759. The minimum Gasteiger partial charge on any atom is -0.383 e. The Labute approximate surface area is 107 Å². The van der Waals surface area contributed by atoms with Gasteiger partial charge in [0.1, 0.15) is 10.8 Å². The van der Waals surface area contributed by atoms with E-state index in [4.69, 9.17) is 16.3 Å². The summed E-state index contributed by atoms with van der Waals surface area (Å²) in [4.78, 5) is 17.9. The van der Waals surface area contributed by atoms with Crippen molar-refractivity contribution in [1.29, 1.82) is 0 Å². The Hall–Kier alpha value is -1.13. The van der Waals surface area contributed by atoms with Crippen molar-refractivity contribution < 1.29 is 9.53 Å². The van der Waals surface area contributed by atoms with Gasteiger partial charge in [0.2, 0.25) is 0 Å². The molecule has 0 fully saturated rings. The summed E-state index contributed by atoms with van der Waals surface area (Å²) in [6.07, 6.45) is 0. The van der Waals surface area contributed by atoms with Crippen LogP contribution in [0.3, 0.4) is 0 Å². The SMILES string of the molecule is COCCN(C(=O)c1cccc(Cl)n1)C(C)C. The first-order valence-electron chi connectivity index (χ1n) is 5.48. The van der Waals surface area contributed by atoms with Gasteiger partial charge in [0.15, 0.2) is 0 Å². The highest BCUT2D eigenvalue weighted by Crippen LogP contribution is 2.10. The summed E-state index contributed by atoms with van der Waals surface area (Å²) in [7, 11) is 1.61. The molecule has 0 aliphatic carbocycles. The first kappa shape index (κ1) is 13.9. The van der Waals surface area contributed by atoms with Crippen molar-refractivity contribution >= 4 is 17.5 Å².